The minimum Gasteiger partial charge on any atom is -0.497 e. The molecule has 0 amide bonds. The summed E-state index contributed by atoms with van der Waals surface area (Å²) in [6.45, 7) is -0.189. The van der Waals surface area contributed by atoms with E-state index >= 15 is 0 Å². The molecule has 1 heterocycles. The summed E-state index contributed by atoms with van der Waals surface area (Å²) in [5, 5.41) is 4.24. The SMILES string of the molecule is COCOc1cc(F)c2cnn(-c3ccc(-c4cccc(OC)c4)cc3)c2c1F. The molecule has 0 bridgehead atoms. The molecule has 148 valence electrons. The van der Waals surface area contributed by atoms with Crippen LogP contribution in [-0.4, -0.2) is 30.8 Å². The van der Waals surface area contributed by atoms with Gasteiger partial charge in [-0.25, -0.2) is 13.5 Å². The maximum atomic E-state index is 15.0. The molecule has 0 radical (unpaired) electrons. The Morgan fingerprint density at radius 3 is 2.48 bits per heavy atom. The van der Waals surface area contributed by atoms with Crippen molar-refractivity contribution in [1.82, 2.24) is 9.78 Å². The molecular weight excluding hydrogens is 378 g/mol. The molecule has 0 aliphatic rings. The van der Waals surface area contributed by atoms with Gasteiger partial charge >= 0.3 is 0 Å². The van der Waals surface area contributed by atoms with Gasteiger partial charge in [-0.2, -0.15) is 5.10 Å². The predicted octanol–water partition coefficient (Wildman–Crippen LogP) is 4.96. The van der Waals surface area contributed by atoms with Crippen LogP contribution in [0.2, 0.25) is 0 Å². The first kappa shape index (κ1) is 18.9. The van der Waals surface area contributed by atoms with Crippen molar-refractivity contribution in [3.63, 3.8) is 0 Å². The molecule has 3 aromatic carbocycles. The van der Waals surface area contributed by atoms with Crippen LogP contribution >= 0.6 is 0 Å². The fourth-order valence-electron chi connectivity index (χ4n) is 3.13. The quantitative estimate of drug-likeness (QED) is 0.432. The molecule has 0 saturated heterocycles. The lowest BCUT2D eigenvalue weighted by molar-refractivity contribution is 0.0482. The average molecular weight is 396 g/mol. The van der Waals surface area contributed by atoms with Crippen molar-refractivity contribution < 1.29 is 23.0 Å². The summed E-state index contributed by atoms with van der Waals surface area (Å²) in [7, 11) is 3.02. The number of fused-ring (bicyclic) bond motifs is 1. The number of nitrogens with zero attached hydrogens (tertiary/aromatic N) is 2. The lowest BCUT2D eigenvalue weighted by atomic mass is 10.1. The minimum atomic E-state index is -0.701. The third kappa shape index (κ3) is 3.52. The number of hydrogen-bond donors (Lipinski definition) is 0. The van der Waals surface area contributed by atoms with Crippen LogP contribution in [0.25, 0.3) is 27.7 Å². The lowest BCUT2D eigenvalue weighted by Crippen LogP contribution is -2.04. The topological polar surface area (TPSA) is 45.5 Å². The molecule has 7 heteroatoms. The highest BCUT2D eigenvalue weighted by molar-refractivity contribution is 5.83. The maximum Gasteiger partial charge on any atom is 0.191 e. The van der Waals surface area contributed by atoms with Gasteiger partial charge in [0, 0.05) is 13.2 Å². The molecule has 0 saturated carbocycles. The molecule has 0 aliphatic carbocycles. The van der Waals surface area contributed by atoms with Gasteiger partial charge in [-0.3, -0.25) is 0 Å². The van der Waals surface area contributed by atoms with Crippen molar-refractivity contribution >= 4 is 10.9 Å². The third-order valence-corrected chi connectivity index (χ3v) is 4.56. The zero-order valence-corrected chi connectivity index (χ0v) is 15.9. The number of halogens is 2. The van der Waals surface area contributed by atoms with E-state index in [0.717, 1.165) is 22.9 Å². The molecule has 0 fully saturated rings. The van der Waals surface area contributed by atoms with Crippen molar-refractivity contribution in [3.8, 4) is 28.3 Å². The summed E-state index contributed by atoms with van der Waals surface area (Å²) in [6.07, 6.45) is 1.30. The van der Waals surface area contributed by atoms with Crippen LogP contribution in [0.3, 0.4) is 0 Å². The zero-order chi connectivity index (χ0) is 20.4. The monoisotopic (exact) mass is 396 g/mol. The number of rotatable bonds is 6. The van der Waals surface area contributed by atoms with Crippen LogP contribution in [0.1, 0.15) is 0 Å². The summed E-state index contributed by atoms with van der Waals surface area (Å²) < 4.78 is 45.9. The molecule has 1 aromatic heterocycles. The normalized spacial score (nSPS) is 11.0. The summed E-state index contributed by atoms with van der Waals surface area (Å²) in [4.78, 5) is 0. The van der Waals surface area contributed by atoms with Crippen LogP contribution in [0.5, 0.6) is 11.5 Å². The van der Waals surface area contributed by atoms with E-state index in [9.17, 15) is 8.78 Å². The van der Waals surface area contributed by atoms with Gasteiger partial charge in [-0.15, -0.1) is 0 Å². The Kier molecular flexibility index (Phi) is 5.14. The average Bonchev–Trinajstić information content (AvgIpc) is 3.21. The van der Waals surface area contributed by atoms with Crippen LogP contribution in [0.4, 0.5) is 8.78 Å². The molecule has 5 nitrogen and oxygen atoms in total. The van der Waals surface area contributed by atoms with Gasteiger partial charge in [-0.1, -0.05) is 24.3 Å². The number of methoxy groups -OCH3 is 2. The second-order valence-electron chi connectivity index (χ2n) is 6.32. The lowest BCUT2D eigenvalue weighted by Gasteiger charge is -2.10. The number of ether oxygens (including phenoxy) is 3. The minimum absolute atomic E-state index is 0.00485. The Morgan fingerprint density at radius 1 is 0.966 bits per heavy atom. The molecule has 4 rings (SSSR count). The van der Waals surface area contributed by atoms with Crippen molar-refractivity contribution in [1.29, 1.82) is 0 Å². The van der Waals surface area contributed by atoms with Crippen LogP contribution in [0.15, 0.2) is 60.8 Å². The van der Waals surface area contributed by atoms with Crippen LogP contribution in [0, 0.1) is 11.6 Å². The Balaban J connectivity index is 1.75. The standard InChI is InChI=1S/C22H18F2N2O3/c1-27-13-29-20-11-19(23)18-12-25-26(22(18)21(20)24)16-8-6-14(7-9-16)15-4-3-5-17(10-15)28-2/h3-12H,13H2,1-2H3. The van der Waals surface area contributed by atoms with E-state index in [0.29, 0.717) is 5.69 Å². The number of aromatic nitrogens is 2. The smallest absolute Gasteiger partial charge is 0.191 e. The molecule has 4 aromatic rings. The first-order valence-corrected chi connectivity index (χ1v) is 8.84. The Morgan fingerprint density at radius 2 is 1.76 bits per heavy atom. The van der Waals surface area contributed by atoms with E-state index in [-0.39, 0.29) is 23.4 Å². The molecular formula is C22H18F2N2O3. The van der Waals surface area contributed by atoms with Gasteiger partial charge in [0.2, 0.25) is 0 Å². The molecule has 0 spiro atoms. The fourth-order valence-corrected chi connectivity index (χ4v) is 3.13. The largest absolute Gasteiger partial charge is 0.497 e. The molecule has 0 aliphatic heterocycles. The number of hydrogen-bond acceptors (Lipinski definition) is 4. The number of benzene rings is 3. The van der Waals surface area contributed by atoms with Crippen LogP contribution in [-0.2, 0) is 4.74 Å². The predicted molar refractivity (Wildman–Crippen MR) is 105 cm³/mol. The van der Waals surface area contributed by atoms with Gasteiger partial charge in [-0.05, 0) is 35.4 Å². The highest BCUT2D eigenvalue weighted by Crippen LogP contribution is 2.31. The van der Waals surface area contributed by atoms with Crippen molar-refractivity contribution in [3.05, 3.63) is 72.4 Å². The van der Waals surface area contributed by atoms with E-state index in [2.05, 4.69) is 5.10 Å². The van der Waals surface area contributed by atoms with E-state index < -0.39 is 11.6 Å². The Labute approximate surface area is 166 Å². The molecule has 0 N–H and O–H groups in total. The third-order valence-electron chi connectivity index (χ3n) is 4.56. The van der Waals surface area contributed by atoms with Gasteiger partial charge in [0.25, 0.3) is 0 Å². The van der Waals surface area contributed by atoms with E-state index in [1.807, 2.05) is 36.4 Å². The summed E-state index contributed by atoms with van der Waals surface area (Å²) >= 11 is 0. The Hall–Kier alpha value is -3.45. The van der Waals surface area contributed by atoms with Gasteiger partial charge in [0.1, 0.15) is 17.1 Å². The van der Waals surface area contributed by atoms with Crippen molar-refractivity contribution in [2.45, 2.75) is 0 Å². The highest BCUT2D eigenvalue weighted by Gasteiger charge is 2.19. The van der Waals surface area contributed by atoms with Gasteiger partial charge in [0.15, 0.2) is 18.4 Å². The van der Waals surface area contributed by atoms with E-state index in [1.54, 1.807) is 19.2 Å². The van der Waals surface area contributed by atoms with Gasteiger partial charge < -0.3 is 14.2 Å². The van der Waals surface area contributed by atoms with Crippen LogP contribution < -0.4 is 9.47 Å². The first-order chi connectivity index (χ1) is 14.1. The highest BCUT2D eigenvalue weighted by atomic mass is 19.1. The van der Waals surface area contributed by atoms with Crippen molar-refractivity contribution in [2.75, 3.05) is 21.0 Å². The zero-order valence-electron chi connectivity index (χ0n) is 15.9. The second-order valence-corrected chi connectivity index (χ2v) is 6.32. The maximum absolute atomic E-state index is 15.0. The Bertz CT molecular complexity index is 1160. The van der Waals surface area contributed by atoms with E-state index in [1.165, 1.54) is 18.0 Å². The molecule has 0 atom stereocenters. The van der Waals surface area contributed by atoms with E-state index in [4.69, 9.17) is 14.2 Å². The second kappa shape index (κ2) is 7.89. The molecule has 29 heavy (non-hydrogen) atoms. The summed E-state index contributed by atoms with van der Waals surface area (Å²) in [6, 6.07) is 16.0. The summed E-state index contributed by atoms with van der Waals surface area (Å²) in [5.41, 5.74) is 2.53. The first-order valence-electron chi connectivity index (χ1n) is 8.84. The summed E-state index contributed by atoms with van der Waals surface area (Å²) in [5.74, 6) is -0.794. The van der Waals surface area contributed by atoms with Gasteiger partial charge in [0.05, 0.1) is 24.4 Å². The fraction of sp³-hybridized carbons (Fsp3) is 0.136. The van der Waals surface area contributed by atoms with Crippen molar-refractivity contribution in [2.24, 2.45) is 0 Å². The molecule has 0 unspecified atom stereocenters.